The highest BCUT2D eigenvalue weighted by Gasteiger charge is 2.19. The monoisotopic (exact) mass is 217 g/mol. The lowest BCUT2D eigenvalue weighted by atomic mass is 10.0. The normalized spacial score (nSPS) is 21.1. The topological polar surface area (TPSA) is 59.0 Å². The Kier molecular flexibility index (Phi) is 5.42. The summed E-state index contributed by atoms with van der Waals surface area (Å²) in [7, 11) is 1.70. The summed E-state index contributed by atoms with van der Waals surface area (Å²) < 4.78 is 10.1. The molecule has 0 radical (unpaired) electrons. The number of amides is 1. The minimum Gasteiger partial charge on any atom is -0.447 e. The maximum Gasteiger partial charge on any atom is 0.409 e. The summed E-state index contributed by atoms with van der Waals surface area (Å²) in [6.07, 6.45) is 1.77. The van der Waals surface area contributed by atoms with Gasteiger partial charge in [-0.25, -0.2) is 4.79 Å². The molecular weight excluding hydrogens is 198 g/mol. The number of aliphatic hydroxyl groups excluding tert-OH is 1. The third kappa shape index (κ3) is 4.48. The van der Waals surface area contributed by atoms with Crippen molar-refractivity contribution in [1.29, 1.82) is 0 Å². The Morgan fingerprint density at radius 3 is 3.07 bits per heavy atom. The van der Waals surface area contributed by atoms with E-state index in [0.29, 0.717) is 12.5 Å². The first kappa shape index (κ1) is 12.3. The Bertz CT molecular complexity index is 192. The van der Waals surface area contributed by atoms with Crippen LogP contribution < -0.4 is 0 Å². The van der Waals surface area contributed by atoms with Crippen molar-refractivity contribution in [3.05, 3.63) is 0 Å². The Hall–Kier alpha value is -0.810. The zero-order chi connectivity index (χ0) is 11.1. The fourth-order valence-electron chi connectivity index (χ4n) is 1.66. The lowest BCUT2D eigenvalue weighted by molar-refractivity contribution is 0.0363. The van der Waals surface area contributed by atoms with Crippen LogP contribution in [0.4, 0.5) is 4.79 Å². The molecule has 88 valence electrons. The van der Waals surface area contributed by atoms with Crippen molar-refractivity contribution in [2.45, 2.75) is 12.8 Å². The van der Waals surface area contributed by atoms with Gasteiger partial charge >= 0.3 is 6.09 Å². The largest absolute Gasteiger partial charge is 0.447 e. The molecule has 5 heteroatoms. The van der Waals surface area contributed by atoms with E-state index in [9.17, 15) is 4.79 Å². The van der Waals surface area contributed by atoms with Gasteiger partial charge in [-0.3, -0.25) is 0 Å². The van der Waals surface area contributed by atoms with E-state index < -0.39 is 0 Å². The fourth-order valence-corrected chi connectivity index (χ4v) is 1.66. The van der Waals surface area contributed by atoms with Gasteiger partial charge in [0.25, 0.3) is 0 Å². The standard InChI is InChI=1S/C10H19NO4/c1-11(10(13)15-6-4-12)7-9-3-2-5-14-8-9/h9,12H,2-8H2,1H3. The zero-order valence-electron chi connectivity index (χ0n) is 9.15. The molecule has 1 heterocycles. The van der Waals surface area contributed by atoms with Gasteiger partial charge < -0.3 is 19.5 Å². The summed E-state index contributed by atoms with van der Waals surface area (Å²) in [6, 6.07) is 0. The van der Waals surface area contributed by atoms with Gasteiger partial charge in [-0.2, -0.15) is 0 Å². The molecule has 1 amide bonds. The number of hydrogen-bond acceptors (Lipinski definition) is 4. The van der Waals surface area contributed by atoms with E-state index in [0.717, 1.165) is 26.1 Å². The van der Waals surface area contributed by atoms with E-state index in [1.165, 1.54) is 4.90 Å². The maximum absolute atomic E-state index is 11.3. The smallest absolute Gasteiger partial charge is 0.409 e. The van der Waals surface area contributed by atoms with E-state index in [1.807, 2.05) is 0 Å². The summed E-state index contributed by atoms with van der Waals surface area (Å²) in [5.74, 6) is 0.408. The van der Waals surface area contributed by atoms with Gasteiger partial charge in [0, 0.05) is 26.1 Å². The number of aliphatic hydroxyl groups is 1. The van der Waals surface area contributed by atoms with Crippen LogP contribution in [0.3, 0.4) is 0 Å². The molecule has 0 spiro atoms. The Labute approximate surface area is 90.0 Å². The second kappa shape index (κ2) is 6.63. The summed E-state index contributed by atoms with van der Waals surface area (Å²) in [5, 5.41) is 8.50. The van der Waals surface area contributed by atoms with Crippen LogP contribution in [0.15, 0.2) is 0 Å². The quantitative estimate of drug-likeness (QED) is 0.744. The summed E-state index contributed by atoms with van der Waals surface area (Å²) in [5.41, 5.74) is 0. The van der Waals surface area contributed by atoms with E-state index in [-0.39, 0.29) is 19.3 Å². The van der Waals surface area contributed by atoms with Crippen LogP contribution in [0, 0.1) is 5.92 Å². The van der Waals surface area contributed by atoms with Crippen LogP contribution in [-0.4, -0.2) is 56.1 Å². The predicted molar refractivity (Wildman–Crippen MR) is 54.6 cm³/mol. The van der Waals surface area contributed by atoms with Crippen LogP contribution in [-0.2, 0) is 9.47 Å². The molecule has 1 saturated heterocycles. The second-order valence-electron chi connectivity index (χ2n) is 3.80. The van der Waals surface area contributed by atoms with Crippen molar-refractivity contribution in [3.8, 4) is 0 Å². The van der Waals surface area contributed by atoms with Crippen LogP contribution >= 0.6 is 0 Å². The molecule has 1 aliphatic heterocycles. The van der Waals surface area contributed by atoms with Crippen LogP contribution in [0.5, 0.6) is 0 Å². The zero-order valence-corrected chi connectivity index (χ0v) is 9.15. The van der Waals surface area contributed by atoms with E-state index in [2.05, 4.69) is 0 Å². The average Bonchev–Trinajstić information content (AvgIpc) is 2.27. The Balaban J connectivity index is 2.20. The third-order valence-electron chi connectivity index (χ3n) is 2.42. The van der Waals surface area contributed by atoms with Gasteiger partial charge in [0.15, 0.2) is 0 Å². The molecular formula is C10H19NO4. The molecule has 1 atom stereocenters. The summed E-state index contributed by atoms with van der Waals surface area (Å²) >= 11 is 0. The number of carbonyl (C=O) groups is 1. The predicted octanol–water partition coefficient (Wildman–Crippen LogP) is 0.474. The van der Waals surface area contributed by atoms with Gasteiger partial charge in [-0.1, -0.05) is 0 Å². The molecule has 0 aliphatic carbocycles. The second-order valence-corrected chi connectivity index (χ2v) is 3.80. The third-order valence-corrected chi connectivity index (χ3v) is 2.42. The van der Waals surface area contributed by atoms with Crippen molar-refractivity contribution < 1.29 is 19.4 Å². The highest BCUT2D eigenvalue weighted by Crippen LogP contribution is 2.14. The molecule has 1 rings (SSSR count). The lowest BCUT2D eigenvalue weighted by Gasteiger charge is -2.26. The van der Waals surface area contributed by atoms with E-state index >= 15 is 0 Å². The highest BCUT2D eigenvalue weighted by atomic mass is 16.6. The molecule has 0 aromatic carbocycles. The Morgan fingerprint density at radius 1 is 1.67 bits per heavy atom. The highest BCUT2D eigenvalue weighted by molar-refractivity contribution is 5.67. The minimum absolute atomic E-state index is 0.0599. The summed E-state index contributed by atoms with van der Waals surface area (Å²) in [4.78, 5) is 12.9. The molecule has 0 aromatic heterocycles. The van der Waals surface area contributed by atoms with Crippen molar-refractivity contribution in [1.82, 2.24) is 4.90 Å². The molecule has 1 unspecified atom stereocenters. The van der Waals surface area contributed by atoms with E-state index in [1.54, 1.807) is 7.05 Å². The van der Waals surface area contributed by atoms with Crippen molar-refractivity contribution in [3.63, 3.8) is 0 Å². The lowest BCUT2D eigenvalue weighted by Crippen LogP contribution is -2.35. The molecule has 1 aliphatic rings. The van der Waals surface area contributed by atoms with E-state index in [4.69, 9.17) is 14.6 Å². The number of rotatable bonds is 4. The van der Waals surface area contributed by atoms with Gasteiger partial charge in [0.2, 0.25) is 0 Å². The first-order chi connectivity index (χ1) is 7.24. The van der Waals surface area contributed by atoms with Crippen molar-refractivity contribution in [2.24, 2.45) is 5.92 Å². The van der Waals surface area contributed by atoms with Gasteiger partial charge in [0.05, 0.1) is 13.2 Å². The Morgan fingerprint density at radius 2 is 2.47 bits per heavy atom. The first-order valence-electron chi connectivity index (χ1n) is 5.30. The van der Waals surface area contributed by atoms with Gasteiger partial charge in [-0.15, -0.1) is 0 Å². The van der Waals surface area contributed by atoms with Crippen molar-refractivity contribution in [2.75, 3.05) is 40.0 Å². The molecule has 1 N–H and O–H groups in total. The van der Waals surface area contributed by atoms with Crippen molar-refractivity contribution >= 4 is 6.09 Å². The molecule has 5 nitrogen and oxygen atoms in total. The molecule has 0 bridgehead atoms. The molecule has 1 fully saturated rings. The SMILES string of the molecule is CN(CC1CCCOC1)C(=O)OCCO. The van der Waals surface area contributed by atoms with Crippen LogP contribution in [0.2, 0.25) is 0 Å². The van der Waals surface area contributed by atoms with Crippen LogP contribution in [0.25, 0.3) is 0 Å². The average molecular weight is 217 g/mol. The minimum atomic E-state index is -0.380. The number of hydrogen-bond donors (Lipinski definition) is 1. The van der Waals surface area contributed by atoms with Gasteiger partial charge in [-0.05, 0) is 12.8 Å². The van der Waals surface area contributed by atoms with Crippen LogP contribution in [0.1, 0.15) is 12.8 Å². The number of carbonyl (C=O) groups excluding carboxylic acids is 1. The fraction of sp³-hybridized carbons (Fsp3) is 0.900. The summed E-state index contributed by atoms with van der Waals surface area (Å²) in [6.45, 7) is 2.13. The molecule has 0 aromatic rings. The first-order valence-corrected chi connectivity index (χ1v) is 5.30. The number of nitrogens with zero attached hydrogens (tertiary/aromatic N) is 1. The molecule has 0 saturated carbocycles. The number of ether oxygens (including phenoxy) is 2. The maximum atomic E-state index is 11.3. The molecule has 15 heavy (non-hydrogen) atoms. The van der Waals surface area contributed by atoms with Gasteiger partial charge in [0.1, 0.15) is 6.61 Å².